The molecule has 0 aromatic heterocycles. The Balaban J connectivity index is 0. The Morgan fingerprint density at radius 1 is 1.11 bits per heavy atom. The molecule has 0 aromatic carbocycles. The number of hydrogen-bond acceptors (Lipinski definition) is 2. The second-order valence-corrected chi connectivity index (χ2v) is 5.05. The lowest BCUT2D eigenvalue weighted by atomic mass is 10.4. The van der Waals surface area contributed by atoms with E-state index >= 15 is 0 Å². The van der Waals surface area contributed by atoms with Gasteiger partial charge in [0.1, 0.15) is 0 Å². The van der Waals surface area contributed by atoms with E-state index in [9.17, 15) is 0 Å². The fourth-order valence-electron chi connectivity index (χ4n) is 0. The lowest BCUT2D eigenvalue weighted by molar-refractivity contribution is 0.621. The van der Waals surface area contributed by atoms with Crippen molar-refractivity contribution in [1.82, 2.24) is 0 Å². The van der Waals surface area contributed by atoms with Crippen LogP contribution >= 0.6 is 21.4 Å². The van der Waals surface area contributed by atoms with Gasteiger partial charge in [-0.15, -0.1) is 0 Å². The zero-order valence-corrected chi connectivity index (χ0v) is 7.72. The van der Waals surface area contributed by atoms with Gasteiger partial charge >= 0.3 is 8.26 Å². The second kappa shape index (κ2) is 6.65. The summed E-state index contributed by atoms with van der Waals surface area (Å²) in [5, 5.41) is 0. The van der Waals surface area contributed by atoms with Crippen LogP contribution in [0.4, 0.5) is 0 Å². The largest absolute Gasteiger partial charge is 0.317 e. The summed E-state index contributed by atoms with van der Waals surface area (Å²) in [6, 6.07) is 0. The van der Waals surface area contributed by atoms with Crippen LogP contribution in [0.1, 0.15) is 26.7 Å². The molecule has 0 unspecified atom stereocenters. The van der Waals surface area contributed by atoms with Gasteiger partial charge in [0.2, 0.25) is 0 Å². The first-order valence-corrected chi connectivity index (χ1v) is 5.69. The molecule has 0 aliphatic carbocycles. The maximum atomic E-state index is 9.16. The van der Waals surface area contributed by atoms with E-state index in [-0.39, 0.29) is 0 Å². The molecule has 5 heteroatoms. The first kappa shape index (κ1) is 12.2. The van der Waals surface area contributed by atoms with E-state index in [1.54, 1.807) is 0 Å². The summed E-state index contributed by atoms with van der Waals surface area (Å²) in [6.07, 6.45) is 2.64. The van der Waals surface area contributed by atoms with Gasteiger partial charge in [-0.1, -0.05) is 26.7 Å². The molecule has 0 aliphatic rings. The van der Waals surface area contributed by atoms with Crippen molar-refractivity contribution in [2.24, 2.45) is 0 Å². The fraction of sp³-hybridized carbons (Fsp3) is 1.00. The minimum absolute atomic E-state index is 1.32. The Labute approximate surface area is 65.1 Å². The Morgan fingerprint density at radius 3 is 1.22 bits per heavy atom. The molecule has 0 aliphatic heterocycles. The fourth-order valence-corrected chi connectivity index (χ4v) is 0. The monoisotopic (exact) mass is 192 g/mol. The van der Waals surface area contributed by atoms with Crippen molar-refractivity contribution in [3.05, 3.63) is 0 Å². The quantitative estimate of drug-likeness (QED) is 0.599. The molecule has 0 saturated carbocycles. The maximum absolute atomic E-state index is 9.16. The van der Waals surface area contributed by atoms with Crippen molar-refractivity contribution in [2.75, 3.05) is 0 Å². The highest BCUT2D eigenvalue weighted by Gasteiger charge is 1.88. The van der Waals surface area contributed by atoms with E-state index in [1.165, 1.54) is 12.8 Å². The van der Waals surface area contributed by atoms with Crippen molar-refractivity contribution in [2.45, 2.75) is 26.7 Å². The molecule has 0 heterocycles. The Bertz CT molecular complexity index is 120. The summed E-state index contributed by atoms with van der Waals surface area (Å²) in [5.74, 6) is 0. The zero-order valence-electron chi connectivity index (χ0n) is 5.39. The average Bonchev–Trinajstić information content (AvgIpc) is 1.61. The Kier molecular flexibility index (Phi) is 9.03. The highest BCUT2D eigenvalue weighted by atomic mass is 36.0. The topological polar surface area (TPSA) is 34.1 Å². The molecule has 0 amide bonds. The van der Waals surface area contributed by atoms with Crippen LogP contribution < -0.4 is 0 Å². The summed E-state index contributed by atoms with van der Waals surface area (Å²) in [5.41, 5.74) is 0. The molecule has 0 saturated heterocycles. The lowest BCUT2D eigenvalue weighted by Gasteiger charge is -1.68. The van der Waals surface area contributed by atoms with Crippen LogP contribution in [0.5, 0.6) is 0 Å². The number of hydrogen-bond donors (Lipinski definition) is 0. The van der Waals surface area contributed by atoms with E-state index in [0.29, 0.717) is 0 Å². The minimum atomic E-state index is -3.72. The van der Waals surface area contributed by atoms with Gasteiger partial charge in [0.25, 0.3) is 0 Å². The van der Waals surface area contributed by atoms with Gasteiger partial charge in [-0.3, -0.25) is 0 Å². The predicted molar refractivity (Wildman–Crippen MR) is 41.2 cm³/mol. The highest BCUT2D eigenvalue weighted by molar-refractivity contribution is 8.31. The first-order valence-electron chi connectivity index (χ1n) is 2.56. The molecule has 0 bridgehead atoms. The SMILES string of the molecule is CCCC.O=S(=O)(Cl)Cl. The summed E-state index contributed by atoms with van der Waals surface area (Å²) < 4.78 is 18.3. The highest BCUT2D eigenvalue weighted by Crippen LogP contribution is 1.98. The number of rotatable bonds is 1. The van der Waals surface area contributed by atoms with Gasteiger partial charge in [0.05, 0.1) is 0 Å². The van der Waals surface area contributed by atoms with Crippen LogP contribution in [0.15, 0.2) is 0 Å². The Hall–Kier alpha value is 0.530. The molecule has 2 nitrogen and oxygen atoms in total. The number of halogens is 2. The van der Waals surface area contributed by atoms with E-state index in [4.69, 9.17) is 8.42 Å². The van der Waals surface area contributed by atoms with Gasteiger partial charge in [0, 0.05) is 21.4 Å². The van der Waals surface area contributed by atoms with E-state index < -0.39 is 8.26 Å². The predicted octanol–water partition coefficient (Wildman–Crippen LogP) is 2.52. The van der Waals surface area contributed by atoms with Gasteiger partial charge < -0.3 is 0 Å². The molecular weight excluding hydrogens is 183 g/mol. The Morgan fingerprint density at radius 2 is 1.22 bits per heavy atom. The van der Waals surface area contributed by atoms with Crippen LogP contribution in [0.25, 0.3) is 0 Å². The molecule has 0 atom stereocenters. The molecule has 0 aromatic rings. The van der Waals surface area contributed by atoms with Gasteiger partial charge in [0.15, 0.2) is 0 Å². The van der Waals surface area contributed by atoms with Crippen molar-refractivity contribution in [1.29, 1.82) is 0 Å². The first-order chi connectivity index (χ1) is 3.91. The van der Waals surface area contributed by atoms with Crippen LogP contribution in [-0.4, -0.2) is 8.42 Å². The molecule has 0 N–H and O–H groups in total. The summed E-state index contributed by atoms with van der Waals surface area (Å²) in [7, 11) is 4.81. The third kappa shape index (κ3) is 155. The van der Waals surface area contributed by atoms with Gasteiger partial charge in [-0.2, -0.15) is 8.42 Å². The van der Waals surface area contributed by atoms with Crippen LogP contribution in [0.3, 0.4) is 0 Å². The van der Waals surface area contributed by atoms with Crippen LogP contribution in [-0.2, 0) is 8.26 Å². The van der Waals surface area contributed by atoms with Crippen LogP contribution in [0.2, 0.25) is 0 Å². The molecule has 58 valence electrons. The van der Waals surface area contributed by atoms with E-state index in [2.05, 4.69) is 35.2 Å². The van der Waals surface area contributed by atoms with Crippen molar-refractivity contribution in [3.8, 4) is 0 Å². The van der Waals surface area contributed by atoms with E-state index in [1.807, 2.05) is 0 Å². The molecule has 0 rings (SSSR count). The van der Waals surface area contributed by atoms with Gasteiger partial charge in [-0.05, 0) is 0 Å². The van der Waals surface area contributed by atoms with E-state index in [0.717, 1.165) is 0 Å². The molecule has 0 radical (unpaired) electrons. The van der Waals surface area contributed by atoms with Crippen LogP contribution in [0, 0.1) is 0 Å². The summed E-state index contributed by atoms with van der Waals surface area (Å²) >= 11 is 0. The van der Waals surface area contributed by atoms with Crippen molar-refractivity contribution >= 4 is 29.6 Å². The minimum Gasteiger partial charge on any atom is -0.195 e. The average molecular weight is 193 g/mol. The zero-order chi connectivity index (χ0) is 7.91. The standard InChI is InChI=1S/C4H10.Cl2O2S/c1-3-4-2;1-5(2,3)4/h3-4H2,1-2H3;. The molecule has 0 fully saturated rings. The van der Waals surface area contributed by atoms with Crippen molar-refractivity contribution < 1.29 is 8.42 Å². The molecular formula is C4H10Cl2O2S. The maximum Gasteiger partial charge on any atom is 0.317 e. The summed E-state index contributed by atoms with van der Waals surface area (Å²) in [6.45, 7) is 4.36. The third-order valence-electron chi connectivity index (χ3n) is 0.500. The molecule has 9 heavy (non-hydrogen) atoms. The lowest BCUT2D eigenvalue weighted by Crippen LogP contribution is -1.63. The third-order valence-corrected chi connectivity index (χ3v) is 0.500. The van der Waals surface area contributed by atoms with Gasteiger partial charge in [-0.25, -0.2) is 0 Å². The molecule has 0 spiro atoms. The van der Waals surface area contributed by atoms with Crippen molar-refractivity contribution in [3.63, 3.8) is 0 Å². The number of unbranched alkanes of at least 4 members (excludes halogenated alkanes) is 1. The normalized spacial score (nSPS) is 9.78. The smallest absolute Gasteiger partial charge is 0.195 e. The summed E-state index contributed by atoms with van der Waals surface area (Å²) in [4.78, 5) is 0. The second-order valence-electron chi connectivity index (χ2n) is 1.38.